The van der Waals surface area contributed by atoms with E-state index in [0.29, 0.717) is 85.9 Å². The maximum atomic E-state index is 14.7. The van der Waals surface area contributed by atoms with E-state index in [1.165, 1.54) is 23.5 Å². The van der Waals surface area contributed by atoms with Gasteiger partial charge in [0, 0.05) is 107 Å². The number of nitrogens with two attached hydrogens (primary N) is 3. The molecule has 6 unspecified atom stereocenters. The van der Waals surface area contributed by atoms with Crippen LogP contribution in [0.1, 0.15) is 204 Å². The van der Waals surface area contributed by atoms with Gasteiger partial charge in [0.1, 0.15) is 61.1 Å². The molecular formula is C94H97N11O19S9. The fourth-order valence-corrected chi connectivity index (χ4v) is 35.1. The first-order valence-corrected chi connectivity index (χ1v) is 50.5. The predicted molar refractivity (Wildman–Crippen MR) is 526 cm³/mol. The second kappa shape index (κ2) is 33.0. The maximum absolute atomic E-state index is 14.7. The van der Waals surface area contributed by atoms with Crippen LogP contribution in [0.2, 0.25) is 0 Å². The lowest BCUT2D eigenvalue weighted by molar-refractivity contribution is -0.145. The zero-order chi connectivity index (χ0) is 96.6. The Bertz CT molecular complexity index is 6360. The third-order valence-corrected chi connectivity index (χ3v) is 42.3. The van der Waals surface area contributed by atoms with E-state index < -0.39 is 107 Å². The number of fused-ring (bicyclic) bond motifs is 12. The summed E-state index contributed by atoms with van der Waals surface area (Å²) >= 11 is 11.3. The number of urea groups is 1. The Kier molecular flexibility index (Phi) is 23.5. The first kappa shape index (κ1) is 94.5. The number of nitrogens with zero attached hydrogens (tertiary/aromatic N) is 6. The standard InChI is InChI=1S/C33H36N4O4S3.C32H33N3O7S3.C29H28N4O8S3/c1-10-32(9)29-25(33(19(8)30(34)42-29)43-27(15(2)3)28(44-33)16(4)5)21-14-22-20(13-17(6)41-22)18(7)26(21)36(32)31(40)35-37-23(38)11-12-24(37)39;1-7-31(6)26-21(32(14(4)15(5)43-26)44-24(29(39)40)25(45-32)30(41)42)17-11-16-10-12(2)13(3)20(16)22-23(17)35(31)28(38)27(33-22)34-18(36)8-9-19(34)37;1-5-28(4)24-19(29(23(30)25(31)42-24)43-21(26(37)38)22(44-29)27(39)40)14-9-15-13(8-11(2)41-15)12(3)20(14)33(28)18(36)10-32-16(34)6-7-17(32)35/h13-14H,2,4,10-12,34H2,1,3,5-9H3,(H,35,40);11-13,27,33H,7-10H2,1-6H3,(H,39,40)(H,41,42);8-9H,5-7,10,30-31H2,1-4H3,(H,37,38)(H,39,40). The van der Waals surface area contributed by atoms with Crippen molar-refractivity contribution in [3.05, 3.63) is 181 Å². The van der Waals surface area contributed by atoms with Crippen LogP contribution in [0.25, 0.3) is 38.7 Å². The van der Waals surface area contributed by atoms with Crippen molar-refractivity contribution in [2.75, 3.05) is 26.6 Å². The van der Waals surface area contributed by atoms with Crippen molar-refractivity contribution >= 4 is 244 Å². The summed E-state index contributed by atoms with van der Waals surface area (Å²) in [4.78, 5) is 181. The number of carbonyl (C=O) groups is 13. The van der Waals surface area contributed by atoms with Gasteiger partial charge in [-0.3, -0.25) is 62.9 Å². The second-order valence-corrected chi connectivity index (χ2v) is 47.3. The number of allylic oxidation sites excluding steroid dienone is 3. The minimum Gasteiger partial charge on any atom is -0.477 e. The summed E-state index contributed by atoms with van der Waals surface area (Å²) in [5, 5.41) is 47.1. The monoisotopic (exact) mass is 1970 g/mol. The number of likely N-dealkylation sites (tertiary alicyclic amines) is 2. The topological polar surface area (TPSA) is 451 Å². The minimum absolute atomic E-state index is 0.0369. The summed E-state index contributed by atoms with van der Waals surface area (Å²) in [5.41, 5.74) is 35.6. The third kappa shape index (κ3) is 13.8. The first-order chi connectivity index (χ1) is 62.5. The first-order valence-electron chi connectivity index (χ1n) is 43.2. The molecule has 30 nitrogen and oxygen atoms in total. The van der Waals surface area contributed by atoms with Crippen molar-refractivity contribution in [1.82, 2.24) is 20.2 Å². The molecular weight excluding hydrogens is 1880 g/mol. The number of rotatable bonds is 13. The van der Waals surface area contributed by atoms with Crippen LogP contribution in [0.15, 0.2) is 139 Å². The molecule has 10 amide bonds. The summed E-state index contributed by atoms with van der Waals surface area (Å²) in [6.07, 6.45) is 1.28. The molecule has 3 saturated heterocycles. The molecule has 12 N–H and O–H groups in total. The van der Waals surface area contributed by atoms with E-state index in [0.717, 1.165) is 188 Å². The Hall–Kier alpha value is -10.3. The van der Waals surface area contributed by atoms with Gasteiger partial charge in [-0.2, -0.15) is 5.01 Å². The number of furan rings is 2. The normalized spacial score (nSPS) is 25.3. The zero-order valence-electron chi connectivity index (χ0n) is 75.8. The molecule has 3 fully saturated rings. The molecule has 0 bridgehead atoms. The molecule has 0 saturated carbocycles. The van der Waals surface area contributed by atoms with Crippen molar-refractivity contribution in [2.45, 2.75) is 223 Å². The van der Waals surface area contributed by atoms with E-state index in [1.807, 2.05) is 108 Å². The van der Waals surface area contributed by atoms with Gasteiger partial charge >= 0.3 is 29.9 Å². The van der Waals surface area contributed by atoms with Crippen LogP contribution in [0.3, 0.4) is 0 Å². The van der Waals surface area contributed by atoms with Gasteiger partial charge in [0.25, 0.3) is 5.91 Å². The van der Waals surface area contributed by atoms with Gasteiger partial charge < -0.3 is 51.8 Å². The molecule has 133 heavy (non-hydrogen) atoms. The predicted octanol–water partition coefficient (Wildman–Crippen LogP) is 17.5. The number of hydrogen-bond donors (Lipinski definition) is 9. The van der Waals surface area contributed by atoms with Crippen LogP contribution in [-0.4, -0.2) is 154 Å². The average Bonchev–Trinajstić information content (AvgIpc) is 1.63. The van der Waals surface area contributed by atoms with Crippen LogP contribution < -0.4 is 42.6 Å². The third-order valence-electron chi connectivity index (χ3n) is 27.9. The van der Waals surface area contributed by atoms with Crippen molar-refractivity contribution in [1.29, 1.82) is 0 Å². The van der Waals surface area contributed by atoms with E-state index in [9.17, 15) is 82.8 Å². The number of carboxylic acids is 4. The molecule has 19 rings (SSSR count). The lowest BCUT2D eigenvalue weighted by Gasteiger charge is -2.55. The fourth-order valence-electron chi connectivity index (χ4n) is 20.3. The average molecular weight is 1970 g/mol. The minimum atomic E-state index is -1.49. The Morgan fingerprint density at radius 1 is 0.519 bits per heavy atom. The molecule has 14 aliphatic rings. The Morgan fingerprint density at radius 3 is 1.39 bits per heavy atom. The molecule has 5 aromatic rings. The van der Waals surface area contributed by atoms with Gasteiger partial charge in [0.15, 0.2) is 6.17 Å². The number of hydrogen-bond acceptors (Lipinski definition) is 28. The summed E-state index contributed by atoms with van der Waals surface area (Å²) in [7, 11) is 0. The number of aryl methyl sites for hydroxylation is 4. The number of anilines is 4. The number of benzene rings is 3. The van der Waals surface area contributed by atoms with Crippen LogP contribution in [-0.2, 0) is 64.0 Å². The Morgan fingerprint density at radius 2 is 0.925 bits per heavy atom. The van der Waals surface area contributed by atoms with E-state index in [1.54, 1.807) is 51.2 Å². The quantitative estimate of drug-likeness (QED) is 0.0494. The molecule has 3 spiro atoms. The summed E-state index contributed by atoms with van der Waals surface area (Å²) in [5.74, 6) is -6.96. The molecule has 2 aromatic heterocycles. The highest BCUT2D eigenvalue weighted by Gasteiger charge is 2.65. The van der Waals surface area contributed by atoms with Crippen molar-refractivity contribution < 1.29 is 91.6 Å². The number of thioether (sulfide) groups is 9. The number of carbonyl (C=O) groups excluding carboxylic acids is 9. The second-order valence-electron chi connectivity index (χ2n) is 35.8. The molecule has 1 aliphatic carbocycles. The van der Waals surface area contributed by atoms with E-state index in [-0.39, 0.29) is 86.6 Å². The van der Waals surface area contributed by atoms with Crippen molar-refractivity contribution in [2.24, 2.45) is 23.1 Å². The Balaban J connectivity index is 0.000000139. The summed E-state index contributed by atoms with van der Waals surface area (Å²) in [6, 6.07) is 9.16. The Labute approximate surface area is 803 Å². The van der Waals surface area contributed by atoms with E-state index in [4.69, 9.17) is 26.0 Å². The molecule has 696 valence electrons. The van der Waals surface area contributed by atoms with Gasteiger partial charge in [-0.1, -0.05) is 154 Å². The highest BCUT2D eigenvalue weighted by molar-refractivity contribution is 8.27. The smallest absolute Gasteiger partial charge is 0.343 e. The van der Waals surface area contributed by atoms with Crippen LogP contribution >= 0.6 is 106 Å². The highest BCUT2D eigenvalue weighted by atomic mass is 32.2. The van der Waals surface area contributed by atoms with Gasteiger partial charge in [-0.25, -0.2) is 29.4 Å². The zero-order valence-corrected chi connectivity index (χ0v) is 83.2. The number of imide groups is 3. The largest absolute Gasteiger partial charge is 0.477 e. The number of aliphatic carboxylic acids is 4. The van der Waals surface area contributed by atoms with Gasteiger partial charge in [-0.05, 0) is 200 Å². The van der Waals surface area contributed by atoms with Crippen LogP contribution in [0.5, 0.6) is 0 Å². The van der Waals surface area contributed by atoms with Crippen LogP contribution in [0.4, 0.5) is 27.5 Å². The number of amides is 10. The van der Waals surface area contributed by atoms with Crippen LogP contribution in [0, 0.1) is 33.6 Å². The molecule has 0 radical (unpaired) electrons. The van der Waals surface area contributed by atoms with E-state index in [2.05, 4.69) is 50.7 Å². The number of nitrogens with one attached hydrogen (secondary N) is 2. The lowest BCUT2D eigenvalue weighted by Crippen LogP contribution is -2.65. The molecule has 3 aromatic carbocycles. The summed E-state index contributed by atoms with van der Waals surface area (Å²) in [6.45, 7) is 41.7. The van der Waals surface area contributed by atoms with Gasteiger partial charge in [0.2, 0.25) is 41.4 Å². The summed E-state index contributed by atoms with van der Waals surface area (Å²) < 4.78 is 8.97. The molecule has 13 aliphatic heterocycles. The number of carboxylic acid groups (broad SMARTS) is 4. The van der Waals surface area contributed by atoms with Crippen molar-refractivity contribution in [3.8, 4) is 0 Å². The SMILES string of the molecule is C=C(C)C1=C(C(=C)C)SC2(S1)C(C)=C(N)SC1=C2c2cc3oc(C)cc3c(C)c2N(C(=O)NN2C(=O)CCC2=O)C1(C)CC.CCC1(C)C2=C(c3cc4c(c5c3N1C(=O)C(N1C(=O)CCC1=O)N5)C(C)C(C)C4)C1(SC(C(=O)O)=C(C(=O)O)S1)C(C)=C(C)S2.CCC1(C)C2=C(c3cc4oc(C)cc4c(C)c3N1C(=O)CN1C(=O)CCC1=O)C1(SC(C(=O)O)=C(C(=O)O)S1)C(N)=C(N)S2. The van der Waals surface area contributed by atoms with Crippen molar-refractivity contribution in [3.63, 3.8) is 0 Å². The highest BCUT2D eigenvalue weighted by Crippen LogP contribution is 2.76. The molecule has 15 heterocycles. The van der Waals surface area contributed by atoms with Gasteiger partial charge in [-0.15, -0.1) is 0 Å². The number of hydrazine groups is 1. The fraction of sp³-hybridized carbons (Fsp3) is 0.394. The van der Waals surface area contributed by atoms with Gasteiger partial charge in [0.05, 0.1) is 55.1 Å². The molecule has 39 heteroatoms. The lowest BCUT2D eigenvalue weighted by atomic mass is 9.78. The molecule has 6 atom stereocenters. The maximum Gasteiger partial charge on any atom is 0.343 e. The van der Waals surface area contributed by atoms with E-state index >= 15 is 0 Å².